The van der Waals surface area contributed by atoms with Gasteiger partial charge in [-0.3, -0.25) is 13.9 Å². The van der Waals surface area contributed by atoms with Crippen molar-refractivity contribution in [3.05, 3.63) is 62.6 Å². The molecule has 0 aliphatic rings. The van der Waals surface area contributed by atoms with Crippen molar-refractivity contribution in [3.8, 4) is 0 Å². The second-order valence-corrected chi connectivity index (χ2v) is 11.9. The Bertz CT molecular complexity index is 1190. The summed E-state index contributed by atoms with van der Waals surface area (Å²) >= 11 is 18.4. The zero-order valence-electron chi connectivity index (χ0n) is 20.3. The van der Waals surface area contributed by atoms with E-state index >= 15 is 0 Å². The lowest BCUT2D eigenvalue weighted by Gasteiger charge is -2.31. The smallest absolute Gasteiger partial charge is 0.244 e. The molecule has 0 bridgehead atoms. The highest BCUT2D eigenvalue weighted by Gasteiger charge is 2.30. The van der Waals surface area contributed by atoms with Crippen molar-refractivity contribution in [2.45, 2.75) is 40.3 Å². The summed E-state index contributed by atoms with van der Waals surface area (Å²) < 4.78 is 26.2. The summed E-state index contributed by atoms with van der Waals surface area (Å²) in [4.78, 5) is 27.7. The van der Waals surface area contributed by atoms with Crippen LogP contribution in [-0.2, 0) is 26.2 Å². The third-order valence-corrected chi connectivity index (χ3v) is 7.60. The minimum absolute atomic E-state index is 0.0260. The molecular weight excluding hydrogens is 533 g/mol. The van der Waals surface area contributed by atoms with Crippen molar-refractivity contribution in [3.63, 3.8) is 0 Å². The van der Waals surface area contributed by atoms with Crippen LogP contribution in [-0.4, -0.2) is 50.5 Å². The summed E-state index contributed by atoms with van der Waals surface area (Å²) in [6.45, 7) is 7.26. The number of sulfonamides is 1. The number of hydrogen-bond donors (Lipinski definition) is 1. The van der Waals surface area contributed by atoms with Crippen LogP contribution in [0, 0.1) is 12.8 Å². The van der Waals surface area contributed by atoms with Gasteiger partial charge in [0, 0.05) is 18.1 Å². The quantitative estimate of drug-likeness (QED) is 0.446. The van der Waals surface area contributed by atoms with Gasteiger partial charge in [0.25, 0.3) is 0 Å². The first-order chi connectivity index (χ1) is 16.2. The number of aryl methyl sites for hydroxylation is 1. The molecule has 0 aromatic heterocycles. The molecule has 0 heterocycles. The number of halogens is 3. The number of anilines is 1. The second-order valence-electron chi connectivity index (χ2n) is 8.79. The van der Waals surface area contributed by atoms with Crippen molar-refractivity contribution in [2.75, 3.05) is 23.7 Å². The van der Waals surface area contributed by atoms with Gasteiger partial charge in [0.15, 0.2) is 0 Å². The monoisotopic (exact) mass is 561 g/mol. The summed E-state index contributed by atoms with van der Waals surface area (Å²) in [6, 6.07) is 8.78. The van der Waals surface area contributed by atoms with E-state index < -0.39 is 28.5 Å². The minimum Gasteiger partial charge on any atom is -0.354 e. The average Bonchev–Trinajstić information content (AvgIpc) is 2.77. The topological polar surface area (TPSA) is 86.8 Å². The molecule has 2 aromatic carbocycles. The van der Waals surface area contributed by atoms with Crippen LogP contribution in [0.25, 0.3) is 0 Å². The summed E-state index contributed by atoms with van der Waals surface area (Å²) in [5, 5.41) is 3.86. The number of nitrogens with zero attached hydrogens (tertiary/aromatic N) is 2. The summed E-state index contributed by atoms with van der Waals surface area (Å²) in [5.41, 5.74) is 1.66. The standard InChI is InChI=1S/C24H30Cl3N3O4S/c1-15(2)12-28-24(32)17(4)29(13-18-7-9-20(25)22(27)10-18)23(31)14-30(35(5,33)34)19-8-6-16(3)21(26)11-19/h6-11,15,17H,12-14H2,1-5H3,(H,28,32)/t17-/m0/s1. The van der Waals surface area contributed by atoms with E-state index in [1.54, 1.807) is 44.2 Å². The normalized spacial score (nSPS) is 12.4. The maximum atomic E-state index is 13.5. The van der Waals surface area contributed by atoms with Gasteiger partial charge in [-0.15, -0.1) is 0 Å². The Kier molecular flexibility index (Phi) is 10.3. The van der Waals surface area contributed by atoms with Crippen molar-refractivity contribution < 1.29 is 18.0 Å². The van der Waals surface area contributed by atoms with Gasteiger partial charge in [-0.05, 0) is 55.2 Å². The van der Waals surface area contributed by atoms with Gasteiger partial charge in [-0.2, -0.15) is 0 Å². The van der Waals surface area contributed by atoms with E-state index in [1.165, 1.54) is 11.0 Å². The number of carbonyl (C=O) groups excluding carboxylic acids is 2. The summed E-state index contributed by atoms with van der Waals surface area (Å²) in [7, 11) is -3.84. The van der Waals surface area contributed by atoms with E-state index in [2.05, 4.69) is 5.32 Å². The van der Waals surface area contributed by atoms with Crippen LogP contribution >= 0.6 is 34.8 Å². The Labute approximate surface area is 222 Å². The van der Waals surface area contributed by atoms with Crippen molar-refractivity contribution in [1.82, 2.24) is 10.2 Å². The molecule has 7 nitrogen and oxygen atoms in total. The maximum Gasteiger partial charge on any atom is 0.244 e. The highest BCUT2D eigenvalue weighted by molar-refractivity contribution is 7.92. The average molecular weight is 563 g/mol. The van der Waals surface area contributed by atoms with Crippen LogP contribution < -0.4 is 9.62 Å². The van der Waals surface area contributed by atoms with Gasteiger partial charge >= 0.3 is 0 Å². The molecule has 0 aliphatic carbocycles. The molecule has 0 saturated carbocycles. The first-order valence-corrected chi connectivity index (χ1v) is 13.9. The molecular formula is C24H30Cl3N3O4S. The predicted molar refractivity (Wildman–Crippen MR) is 143 cm³/mol. The second kappa shape index (κ2) is 12.3. The van der Waals surface area contributed by atoms with E-state index in [0.29, 0.717) is 27.2 Å². The third kappa shape index (κ3) is 8.27. The molecule has 35 heavy (non-hydrogen) atoms. The number of carbonyl (C=O) groups is 2. The number of hydrogen-bond acceptors (Lipinski definition) is 4. The minimum atomic E-state index is -3.84. The van der Waals surface area contributed by atoms with Crippen LogP contribution in [0.4, 0.5) is 5.69 Å². The lowest BCUT2D eigenvalue weighted by molar-refractivity contribution is -0.139. The van der Waals surface area contributed by atoms with E-state index in [-0.39, 0.29) is 24.1 Å². The van der Waals surface area contributed by atoms with Crippen LogP contribution in [0.15, 0.2) is 36.4 Å². The molecule has 0 fully saturated rings. The van der Waals surface area contributed by atoms with Crippen molar-refractivity contribution >= 4 is 62.3 Å². The maximum absolute atomic E-state index is 13.5. The highest BCUT2D eigenvalue weighted by atomic mass is 35.5. The number of nitrogens with one attached hydrogen (secondary N) is 1. The highest BCUT2D eigenvalue weighted by Crippen LogP contribution is 2.26. The molecule has 2 aromatic rings. The molecule has 0 saturated heterocycles. The van der Waals surface area contributed by atoms with E-state index in [0.717, 1.165) is 16.1 Å². The van der Waals surface area contributed by atoms with Crippen LogP contribution in [0.1, 0.15) is 31.9 Å². The van der Waals surface area contributed by atoms with E-state index in [1.807, 2.05) is 13.8 Å². The Morgan fingerprint density at radius 3 is 2.17 bits per heavy atom. The zero-order valence-corrected chi connectivity index (χ0v) is 23.4. The molecule has 192 valence electrons. The molecule has 1 N–H and O–H groups in total. The summed E-state index contributed by atoms with van der Waals surface area (Å²) in [6.07, 6.45) is 1.01. The molecule has 2 amide bonds. The SMILES string of the molecule is Cc1ccc(N(CC(=O)N(Cc2ccc(Cl)c(Cl)c2)[C@@H](C)C(=O)NCC(C)C)S(C)(=O)=O)cc1Cl. The molecule has 0 aliphatic heterocycles. The lowest BCUT2D eigenvalue weighted by Crippen LogP contribution is -2.51. The number of amides is 2. The largest absolute Gasteiger partial charge is 0.354 e. The van der Waals surface area contributed by atoms with Crippen LogP contribution in [0.2, 0.25) is 15.1 Å². The zero-order chi connectivity index (χ0) is 26.5. The van der Waals surface area contributed by atoms with Gasteiger partial charge in [-0.1, -0.05) is 60.8 Å². The van der Waals surface area contributed by atoms with E-state index in [9.17, 15) is 18.0 Å². The Morgan fingerprint density at radius 1 is 0.971 bits per heavy atom. The molecule has 2 rings (SSSR count). The molecule has 1 atom stereocenters. The third-order valence-electron chi connectivity index (χ3n) is 5.31. The summed E-state index contributed by atoms with van der Waals surface area (Å²) in [5.74, 6) is -0.695. The fourth-order valence-electron chi connectivity index (χ4n) is 3.22. The van der Waals surface area contributed by atoms with Crippen LogP contribution in [0.5, 0.6) is 0 Å². The lowest BCUT2D eigenvalue weighted by atomic mass is 10.1. The first kappa shape index (κ1) is 29.2. The van der Waals surface area contributed by atoms with Gasteiger partial charge < -0.3 is 10.2 Å². The fourth-order valence-corrected chi connectivity index (χ4v) is 4.56. The van der Waals surface area contributed by atoms with Gasteiger partial charge in [0.05, 0.1) is 22.0 Å². The molecule has 11 heteroatoms. The number of benzene rings is 2. The molecule has 0 spiro atoms. The Balaban J connectivity index is 2.41. The Hall–Kier alpha value is -2.00. The van der Waals surface area contributed by atoms with Gasteiger partial charge in [0.1, 0.15) is 12.6 Å². The van der Waals surface area contributed by atoms with Gasteiger partial charge in [0.2, 0.25) is 21.8 Å². The first-order valence-electron chi connectivity index (χ1n) is 11.0. The molecule has 0 radical (unpaired) electrons. The van der Waals surface area contributed by atoms with E-state index in [4.69, 9.17) is 34.8 Å². The van der Waals surface area contributed by atoms with Crippen molar-refractivity contribution in [1.29, 1.82) is 0 Å². The predicted octanol–water partition coefficient (Wildman–Crippen LogP) is 4.91. The number of rotatable bonds is 10. The van der Waals surface area contributed by atoms with Crippen LogP contribution in [0.3, 0.4) is 0 Å². The van der Waals surface area contributed by atoms with Crippen molar-refractivity contribution in [2.24, 2.45) is 5.92 Å². The molecule has 0 unspecified atom stereocenters. The fraction of sp³-hybridized carbons (Fsp3) is 0.417. The Morgan fingerprint density at radius 2 is 1.63 bits per heavy atom. The van der Waals surface area contributed by atoms with Gasteiger partial charge in [-0.25, -0.2) is 8.42 Å².